The highest BCUT2D eigenvalue weighted by molar-refractivity contribution is 8.00. The van der Waals surface area contributed by atoms with Gasteiger partial charge in [-0.25, -0.2) is 8.78 Å². The van der Waals surface area contributed by atoms with Gasteiger partial charge in [0.25, 0.3) is 5.22 Å². The summed E-state index contributed by atoms with van der Waals surface area (Å²) in [5.74, 6) is -1.00. The third-order valence-corrected chi connectivity index (χ3v) is 4.12. The van der Waals surface area contributed by atoms with Crippen LogP contribution < -0.4 is 5.32 Å². The van der Waals surface area contributed by atoms with Gasteiger partial charge in [-0.2, -0.15) is 0 Å². The van der Waals surface area contributed by atoms with Crippen LogP contribution in [-0.2, 0) is 4.79 Å². The van der Waals surface area contributed by atoms with Crippen molar-refractivity contribution >= 4 is 23.4 Å². The first-order valence-electron chi connectivity index (χ1n) is 6.79. The van der Waals surface area contributed by atoms with E-state index in [1.54, 1.807) is 6.92 Å². The molecule has 1 heterocycles. The van der Waals surface area contributed by atoms with E-state index in [9.17, 15) is 13.6 Å². The van der Waals surface area contributed by atoms with E-state index in [4.69, 9.17) is 4.42 Å². The molecule has 1 N–H and O–H groups in total. The van der Waals surface area contributed by atoms with Crippen molar-refractivity contribution in [2.45, 2.75) is 36.2 Å². The van der Waals surface area contributed by atoms with Crippen molar-refractivity contribution in [1.29, 1.82) is 0 Å². The van der Waals surface area contributed by atoms with Crippen molar-refractivity contribution < 1.29 is 18.0 Å². The van der Waals surface area contributed by atoms with E-state index in [0.717, 1.165) is 30.7 Å². The van der Waals surface area contributed by atoms with Gasteiger partial charge in [-0.15, -0.1) is 10.2 Å². The molecule has 1 amide bonds. The lowest BCUT2D eigenvalue weighted by molar-refractivity contribution is -0.115. The number of nitrogens with zero attached hydrogens (tertiary/aromatic N) is 2. The van der Waals surface area contributed by atoms with E-state index >= 15 is 0 Å². The number of amides is 1. The maximum Gasteiger partial charge on any atom is 0.277 e. The van der Waals surface area contributed by atoms with Crippen molar-refractivity contribution in [2.75, 3.05) is 5.32 Å². The molecule has 2 aromatic rings. The zero-order valence-electron chi connectivity index (χ0n) is 11.7. The van der Waals surface area contributed by atoms with Crippen LogP contribution in [0.25, 0.3) is 0 Å². The molecule has 1 aromatic heterocycles. The molecule has 1 saturated carbocycles. The normalized spacial score (nSPS) is 15.6. The summed E-state index contributed by atoms with van der Waals surface area (Å²) in [6.07, 6.45) is 2.10. The number of carbonyl (C=O) groups excluding carboxylic acids is 1. The minimum atomic E-state index is -0.820. The number of carbonyl (C=O) groups is 1. The number of hydrogen-bond acceptors (Lipinski definition) is 5. The predicted molar refractivity (Wildman–Crippen MR) is 76.6 cm³/mol. The molecular weight excluding hydrogens is 312 g/mol. The summed E-state index contributed by atoms with van der Waals surface area (Å²) >= 11 is 1.10. The lowest BCUT2D eigenvalue weighted by Crippen LogP contribution is -2.23. The number of nitrogens with one attached hydrogen (secondary N) is 1. The molecule has 8 heteroatoms. The van der Waals surface area contributed by atoms with Crippen LogP contribution >= 0.6 is 11.8 Å². The fourth-order valence-corrected chi connectivity index (χ4v) is 2.48. The van der Waals surface area contributed by atoms with E-state index in [2.05, 4.69) is 15.5 Å². The van der Waals surface area contributed by atoms with Crippen LogP contribution in [0.4, 0.5) is 14.5 Å². The number of benzene rings is 1. The molecule has 0 spiro atoms. The Bertz CT molecular complexity index is 703. The van der Waals surface area contributed by atoms with Gasteiger partial charge in [0.15, 0.2) is 0 Å². The second kappa shape index (κ2) is 6.04. The topological polar surface area (TPSA) is 68.0 Å². The number of anilines is 1. The van der Waals surface area contributed by atoms with Crippen molar-refractivity contribution in [3.8, 4) is 0 Å². The summed E-state index contributed by atoms with van der Waals surface area (Å²) in [7, 11) is 0. The molecule has 1 fully saturated rings. The van der Waals surface area contributed by atoms with Crippen LogP contribution in [-0.4, -0.2) is 21.4 Å². The van der Waals surface area contributed by atoms with Gasteiger partial charge in [0.05, 0.1) is 10.9 Å². The van der Waals surface area contributed by atoms with Crippen LogP contribution in [0.5, 0.6) is 0 Å². The Kier molecular flexibility index (Phi) is 4.10. The molecule has 1 aliphatic rings. The summed E-state index contributed by atoms with van der Waals surface area (Å²) in [6.45, 7) is 1.64. The smallest absolute Gasteiger partial charge is 0.277 e. The second-order valence-corrected chi connectivity index (χ2v) is 6.35. The first-order valence-corrected chi connectivity index (χ1v) is 7.67. The standard InChI is InChI=1S/C14H13F2N3O2S/c1-7(22-14-19-18-13(21-14)8-2-3-8)12(20)17-11-5-4-9(15)6-10(11)16/h4-8H,2-3H2,1H3,(H,17,20)/t7-/m0/s1. The average molecular weight is 325 g/mol. The molecule has 1 atom stereocenters. The first kappa shape index (κ1) is 15.0. The Morgan fingerprint density at radius 1 is 1.41 bits per heavy atom. The highest BCUT2D eigenvalue weighted by Crippen LogP contribution is 2.40. The lowest BCUT2D eigenvalue weighted by atomic mass is 10.3. The van der Waals surface area contributed by atoms with Gasteiger partial charge < -0.3 is 9.73 Å². The summed E-state index contributed by atoms with van der Waals surface area (Å²) in [4.78, 5) is 12.0. The monoisotopic (exact) mass is 325 g/mol. The molecule has 3 rings (SSSR count). The van der Waals surface area contributed by atoms with Gasteiger partial charge in [0, 0.05) is 12.0 Å². The fraction of sp³-hybridized carbons (Fsp3) is 0.357. The Balaban J connectivity index is 1.60. The zero-order chi connectivity index (χ0) is 15.7. The molecule has 116 valence electrons. The highest BCUT2D eigenvalue weighted by atomic mass is 32.2. The predicted octanol–water partition coefficient (Wildman–Crippen LogP) is 3.34. The quantitative estimate of drug-likeness (QED) is 0.854. The number of halogens is 2. The van der Waals surface area contributed by atoms with Gasteiger partial charge in [-0.3, -0.25) is 4.79 Å². The maximum atomic E-state index is 13.5. The van der Waals surface area contributed by atoms with Crippen molar-refractivity contribution in [1.82, 2.24) is 10.2 Å². The highest BCUT2D eigenvalue weighted by Gasteiger charge is 2.30. The van der Waals surface area contributed by atoms with Gasteiger partial charge >= 0.3 is 0 Å². The Labute approximate surface area is 129 Å². The lowest BCUT2D eigenvalue weighted by Gasteiger charge is -2.10. The molecule has 1 aliphatic carbocycles. The Hall–Kier alpha value is -1.96. The minimum absolute atomic E-state index is 0.0666. The van der Waals surface area contributed by atoms with E-state index in [-0.39, 0.29) is 5.69 Å². The molecule has 1 aromatic carbocycles. The first-order chi connectivity index (χ1) is 10.5. The molecule has 0 aliphatic heterocycles. The third-order valence-electron chi connectivity index (χ3n) is 3.18. The van der Waals surface area contributed by atoms with E-state index < -0.39 is 22.8 Å². The van der Waals surface area contributed by atoms with Crippen LogP contribution in [0.15, 0.2) is 27.8 Å². The fourth-order valence-electron chi connectivity index (χ4n) is 1.79. The molecule has 0 bridgehead atoms. The Morgan fingerprint density at radius 2 is 2.18 bits per heavy atom. The molecule has 0 saturated heterocycles. The largest absolute Gasteiger partial charge is 0.416 e. The van der Waals surface area contributed by atoms with Gasteiger partial charge in [0.2, 0.25) is 11.8 Å². The number of hydrogen-bond donors (Lipinski definition) is 1. The SMILES string of the molecule is C[C@H](Sc1nnc(C2CC2)o1)C(=O)Nc1ccc(F)cc1F. The van der Waals surface area contributed by atoms with Gasteiger partial charge in [0.1, 0.15) is 11.6 Å². The van der Waals surface area contributed by atoms with Crippen LogP contribution in [0.2, 0.25) is 0 Å². The third kappa shape index (κ3) is 3.44. The molecule has 22 heavy (non-hydrogen) atoms. The number of thioether (sulfide) groups is 1. The Morgan fingerprint density at radius 3 is 2.86 bits per heavy atom. The van der Waals surface area contributed by atoms with E-state index in [1.165, 1.54) is 6.07 Å². The van der Waals surface area contributed by atoms with Crippen LogP contribution in [0.1, 0.15) is 31.6 Å². The number of aromatic nitrogens is 2. The summed E-state index contributed by atoms with van der Waals surface area (Å²) in [5, 5.41) is 9.97. The number of rotatable bonds is 5. The zero-order valence-corrected chi connectivity index (χ0v) is 12.5. The summed E-state index contributed by atoms with van der Waals surface area (Å²) in [6, 6.07) is 2.97. The molecule has 5 nitrogen and oxygen atoms in total. The second-order valence-electron chi connectivity index (χ2n) is 5.05. The van der Waals surface area contributed by atoms with Crippen molar-refractivity contribution in [2.24, 2.45) is 0 Å². The van der Waals surface area contributed by atoms with Crippen molar-refractivity contribution in [3.63, 3.8) is 0 Å². The van der Waals surface area contributed by atoms with E-state index in [1.807, 2.05) is 0 Å². The van der Waals surface area contributed by atoms with Crippen molar-refractivity contribution in [3.05, 3.63) is 35.7 Å². The minimum Gasteiger partial charge on any atom is -0.416 e. The van der Waals surface area contributed by atoms with Gasteiger partial charge in [-0.1, -0.05) is 11.8 Å². The van der Waals surface area contributed by atoms with Gasteiger partial charge in [-0.05, 0) is 31.9 Å². The van der Waals surface area contributed by atoms with Crippen LogP contribution in [0, 0.1) is 11.6 Å². The van der Waals surface area contributed by atoms with E-state index in [0.29, 0.717) is 23.1 Å². The summed E-state index contributed by atoms with van der Waals surface area (Å²) in [5.41, 5.74) is -0.0666. The molecular formula is C14H13F2N3O2S. The maximum absolute atomic E-state index is 13.5. The molecule has 0 radical (unpaired) electrons. The molecule has 0 unspecified atom stereocenters. The average Bonchev–Trinajstić information content (AvgIpc) is 3.22. The summed E-state index contributed by atoms with van der Waals surface area (Å²) < 4.78 is 31.8. The van der Waals surface area contributed by atoms with Crippen LogP contribution in [0.3, 0.4) is 0 Å².